The van der Waals surface area contributed by atoms with Crippen LogP contribution in [0.3, 0.4) is 0 Å². The van der Waals surface area contributed by atoms with Gasteiger partial charge in [0, 0.05) is 11.6 Å². The number of carboxylic acid groups (broad SMARTS) is 1. The van der Waals surface area contributed by atoms with Crippen molar-refractivity contribution in [2.45, 2.75) is 12.8 Å². The van der Waals surface area contributed by atoms with Crippen LogP contribution in [0, 0.1) is 0 Å². The first kappa shape index (κ1) is 12.8. The molecule has 0 radical (unpaired) electrons. The number of aliphatic hydroxyl groups is 1. The zero-order valence-corrected chi connectivity index (χ0v) is 9.41. The molecule has 1 aromatic rings. The summed E-state index contributed by atoms with van der Waals surface area (Å²) in [6.45, 7) is 0.484. The highest BCUT2D eigenvalue weighted by molar-refractivity contribution is 6.31. The van der Waals surface area contributed by atoms with Crippen molar-refractivity contribution in [1.29, 1.82) is 0 Å². The summed E-state index contributed by atoms with van der Waals surface area (Å²) in [4.78, 5) is 10.9. The second-order valence-corrected chi connectivity index (χ2v) is 3.66. The second kappa shape index (κ2) is 6.35. The van der Waals surface area contributed by atoms with Gasteiger partial charge in [-0.25, -0.2) is 4.79 Å². The van der Waals surface area contributed by atoms with E-state index in [1.54, 1.807) is 6.07 Å². The molecule has 0 saturated heterocycles. The minimum atomic E-state index is -1.07. The van der Waals surface area contributed by atoms with Crippen molar-refractivity contribution in [2.75, 3.05) is 13.2 Å². The van der Waals surface area contributed by atoms with Crippen LogP contribution in [0.1, 0.15) is 23.2 Å². The van der Waals surface area contributed by atoms with Crippen LogP contribution in [0.15, 0.2) is 18.2 Å². The maximum absolute atomic E-state index is 10.9. The van der Waals surface area contributed by atoms with E-state index < -0.39 is 5.97 Å². The van der Waals surface area contributed by atoms with E-state index in [0.29, 0.717) is 30.2 Å². The average Bonchev–Trinajstić information content (AvgIpc) is 2.26. The Bertz CT molecular complexity index is 365. The van der Waals surface area contributed by atoms with Gasteiger partial charge in [0.15, 0.2) is 0 Å². The number of aromatic carboxylic acids is 1. The fraction of sp³-hybridized carbons (Fsp3) is 0.364. The monoisotopic (exact) mass is 244 g/mol. The molecule has 0 heterocycles. The maximum atomic E-state index is 10.9. The molecule has 0 amide bonds. The normalized spacial score (nSPS) is 10.1. The molecule has 0 spiro atoms. The Morgan fingerprint density at radius 1 is 1.38 bits per heavy atom. The molecule has 0 atom stereocenters. The van der Waals surface area contributed by atoms with E-state index in [-0.39, 0.29) is 12.2 Å². The topological polar surface area (TPSA) is 66.8 Å². The summed E-state index contributed by atoms with van der Waals surface area (Å²) in [5, 5.41) is 17.9. The van der Waals surface area contributed by atoms with Gasteiger partial charge in [0.1, 0.15) is 11.3 Å². The summed E-state index contributed by atoms with van der Waals surface area (Å²) in [7, 11) is 0. The zero-order chi connectivity index (χ0) is 12.0. The average molecular weight is 245 g/mol. The summed E-state index contributed by atoms with van der Waals surface area (Å²) in [5.74, 6) is -0.769. The lowest BCUT2D eigenvalue weighted by atomic mass is 10.2. The van der Waals surface area contributed by atoms with Crippen molar-refractivity contribution in [3.63, 3.8) is 0 Å². The lowest BCUT2D eigenvalue weighted by molar-refractivity contribution is 0.0692. The molecule has 0 aliphatic heterocycles. The number of hydrogen-bond acceptors (Lipinski definition) is 3. The third kappa shape index (κ3) is 3.72. The SMILES string of the molecule is O=C(O)c1cc(Cl)ccc1OCCCCO. The van der Waals surface area contributed by atoms with Gasteiger partial charge in [-0.05, 0) is 31.0 Å². The molecule has 1 aromatic carbocycles. The van der Waals surface area contributed by atoms with Crippen molar-refractivity contribution in [3.8, 4) is 5.75 Å². The number of benzene rings is 1. The third-order valence-electron chi connectivity index (χ3n) is 1.98. The molecular formula is C11H13ClO4. The van der Waals surface area contributed by atoms with Crippen LogP contribution < -0.4 is 4.74 Å². The smallest absolute Gasteiger partial charge is 0.339 e. The Labute approximate surface area is 98.4 Å². The predicted molar refractivity (Wildman–Crippen MR) is 60.2 cm³/mol. The van der Waals surface area contributed by atoms with Gasteiger partial charge in [-0.15, -0.1) is 0 Å². The summed E-state index contributed by atoms with van der Waals surface area (Å²) in [6, 6.07) is 4.46. The fourth-order valence-electron chi connectivity index (χ4n) is 1.19. The van der Waals surface area contributed by atoms with Crippen LogP contribution in [0.4, 0.5) is 0 Å². The molecular weight excluding hydrogens is 232 g/mol. The van der Waals surface area contributed by atoms with Crippen molar-refractivity contribution < 1.29 is 19.7 Å². The van der Waals surface area contributed by atoms with Gasteiger partial charge < -0.3 is 14.9 Å². The van der Waals surface area contributed by atoms with Gasteiger partial charge in [0.25, 0.3) is 0 Å². The molecule has 0 saturated carbocycles. The van der Waals surface area contributed by atoms with E-state index >= 15 is 0 Å². The van der Waals surface area contributed by atoms with Crippen LogP contribution >= 0.6 is 11.6 Å². The zero-order valence-electron chi connectivity index (χ0n) is 8.65. The van der Waals surface area contributed by atoms with Crippen LogP contribution in [-0.4, -0.2) is 29.4 Å². The van der Waals surface area contributed by atoms with Gasteiger partial charge in [0.05, 0.1) is 6.61 Å². The first-order chi connectivity index (χ1) is 7.65. The third-order valence-corrected chi connectivity index (χ3v) is 2.22. The number of aliphatic hydroxyl groups excluding tert-OH is 1. The molecule has 0 aliphatic rings. The summed E-state index contributed by atoms with van der Waals surface area (Å²) in [6.07, 6.45) is 1.31. The van der Waals surface area contributed by atoms with E-state index in [2.05, 4.69) is 0 Å². The first-order valence-corrected chi connectivity index (χ1v) is 5.29. The largest absolute Gasteiger partial charge is 0.493 e. The summed E-state index contributed by atoms with van der Waals surface area (Å²) in [5.41, 5.74) is 0.0523. The van der Waals surface area contributed by atoms with Gasteiger partial charge >= 0.3 is 5.97 Å². The van der Waals surface area contributed by atoms with E-state index in [9.17, 15) is 4.79 Å². The summed E-state index contributed by atoms with van der Waals surface area (Å²) < 4.78 is 5.30. The van der Waals surface area contributed by atoms with Gasteiger partial charge in [0.2, 0.25) is 0 Å². The number of unbranched alkanes of at least 4 members (excludes halogenated alkanes) is 1. The highest BCUT2D eigenvalue weighted by Gasteiger charge is 2.11. The van der Waals surface area contributed by atoms with Crippen molar-refractivity contribution >= 4 is 17.6 Å². The quantitative estimate of drug-likeness (QED) is 0.753. The van der Waals surface area contributed by atoms with E-state index in [1.807, 2.05) is 0 Å². The van der Waals surface area contributed by atoms with Crippen LogP contribution in [-0.2, 0) is 0 Å². The number of rotatable bonds is 6. The Balaban J connectivity index is 2.67. The molecule has 5 heteroatoms. The highest BCUT2D eigenvalue weighted by Crippen LogP contribution is 2.23. The maximum Gasteiger partial charge on any atom is 0.339 e. The van der Waals surface area contributed by atoms with Crippen molar-refractivity contribution in [2.24, 2.45) is 0 Å². The summed E-state index contributed by atoms with van der Waals surface area (Å²) >= 11 is 5.69. The Morgan fingerprint density at radius 3 is 2.75 bits per heavy atom. The Hall–Kier alpha value is -1.26. The number of hydrogen-bond donors (Lipinski definition) is 2. The second-order valence-electron chi connectivity index (χ2n) is 3.22. The van der Waals surface area contributed by atoms with Crippen LogP contribution in [0.25, 0.3) is 0 Å². The van der Waals surface area contributed by atoms with Crippen LogP contribution in [0.2, 0.25) is 5.02 Å². The lowest BCUT2D eigenvalue weighted by Gasteiger charge is -2.08. The molecule has 0 bridgehead atoms. The molecule has 1 rings (SSSR count). The highest BCUT2D eigenvalue weighted by atomic mass is 35.5. The minimum absolute atomic E-state index is 0.0523. The van der Waals surface area contributed by atoms with Gasteiger partial charge in [-0.1, -0.05) is 11.6 Å². The molecule has 0 aliphatic carbocycles. The molecule has 4 nitrogen and oxygen atoms in total. The van der Waals surface area contributed by atoms with Crippen molar-refractivity contribution in [1.82, 2.24) is 0 Å². The molecule has 0 aromatic heterocycles. The number of halogens is 1. The Kier molecular flexibility index (Phi) is 5.08. The fourth-order valence-corrected chi connectivity index (χ4v) is 1.36. The van der Waals surface area contributed by atoms with Gasteiger partial charge in [-0.3, -0.25) is 0 Å². The Morgan fingerprint density at radius 2 is 2.12 bits per heavy atom. The van der Waals surface area contributed by atoms with E-state index in [0.717, 1.165) is 0 Å². The molecule has 2 N–H and O–H groups in total. The minimum Gasteiger partial charge on any atom is -0.493 e. The molecule has 0 unspecified atom stereocenters. The van der Waals surface area contributed by atoms with E-state index in [1.165, 1.54) is 12.1 Å². The first-order valence-electron chi connectivity index (χ1n) is 4.91. The standard InChI is InChI=1S/C11H13ClO4/c12-8-3-4-10(9(7-8)11(14)15)16-6-2-1-5-13/h3-4,7,13H,1-2,5-6H2,(H,14,15). The van der Waals surface area contributed by atoms with Crippen LogP contribution in [0.5, 0.6) is 5.75 Å². The molecule has 88 valence electrons. The molecule has 16 heavy (non-hydrogen) atoms. The molecule has 0 fully saturated rings. The number of carboxylic acids is 1. The number of ether oxygens (including phenoxy) is 1. The predicted octanol–water partition coefficient (Wildman–Crippen LogP) is 2.19. The number of carbonyl (C=O) groups is 1. The van der Waals surface area contributed by atoms with E-state index in [4.69, 9.17) is 26.6 Å². The van der Waals surface area contributed by atoms with Crippen molar-refractivity contribution in [3.05, 3.63) is 28.8 Å². The van der Waals surface area contributed by atoms with Gasteiger partial charge in [-0.2, -0.15) is 0 Å². The lowest BCUT2D eigenvalue weighted by Crippen LogP contribution is -2.05.